The van der Waals surface area contributed by atoms with Crippen molar-refractivity contribution in [2.24, 2.45) is 5.73 Å². The lowest BCUT2D eigenvalue weighted by atomic mass is 10.1. The molecule has 1 saturated heterocycles. The van der Waals surface area contributed by atoms with Gasteiger partial charge in [0.05, 0.1) is 6.04 Å². The average molecular weight is 344 g/mol. The van der Waals surface area contributed by atoms with E-state index in [0.717, 1.165) is 19.3 Å². The standard InChI is InChI=1S/C17H24N6O2/c1-2-3-5-13(18)15-21-14(12-25-15)16(24)22-8-10-23(11-9-22)17-19-6-4-7-20-17/h4,6-7,12-13H,2-3,5,8-11,18H2,1H3. The molecule has 3 heterocycles. The van der Waals surface area contributed by atoms with Crippen LogP contribution in [0.2, 0.25) is 0 Å². The second kappa shape index (κ2) is 8.06. The van der Waals surface area contributed by atoms with Gasteiger partial charge in [0.2, 0.25) is 11.8 Å². The van der Waals surface area contributed by atoms with E-state index in [2.05, 4.69) is 26.8 Å². The Kier molecular flexibility index (Phi) is 5.60. The van der Waals surface area contributed by atoms with Crippen molar-refractivity contribution in [3.63, 3.8) is 0 Å². The van der Waals surface area contributed by atoms with Crippen molar-refractivity contribution in [3.8, 4) is 0 Å². The van der Waals surface area contributed by atoms with Crippen LogP contribution in [0.15, 0.2) is 29.1 Å². The highest BCUT2D eigenvalue weighted by Gasteiger charge is 2.26. The molecular weight excluding hydrogens is 320 g/mol. The summed E-state index contributed by atoms with van der Waals surface area (Å²) in [5, 5.41) is 0. The van der Waals surface area contributed by atoms with Gasteiger partial charge in [-0.1, -0.05) is 19.8 Å². The van der Waals surface area contributed by atoms with Gasteiger partial charge >= 0.3 is 0 Å². The van der Waals surface area contributed by atoms with Crippen molar-refractivity contribution in [1.29, 1.82) is 0 Å². The number of piperazine rings is 1. The summed E-state index contributed by atoms with van der Waals surface area (Å²) in [6.45, 7) is 4.69. The second-order valence-corrected chi connectivity index (χ2v) is 6.15. The largest absolute Gasteiger partial charge is 0.446 e. The number of rotatable bonds is 6. The molecule has 134 valence electrons. The van der Waals surface area contributed by atoms with Crippen LogP contribution in [0.5, 0.6) is 0 Å². The zero-order valence-electron chi connectivity index (χ0n) is 14.5. The Balaban J connectivity index is 1.57. The Hall–Kier alpha value is -2.48. The van der Waals surface area contributed by atoms with E-state index in [1.807, 2.05) is 0 Å². The third-order valence-corrected chi connectivity index (χ3v) is 4.33. The molecule has 0 aliphatic carbocycles. The fourth-order valence-electron chi connectivity index (χ4n) is 2.83. The lowest BCUT2D eigenvalue weighted by Gasteiger charge is -2.34. The van der Waals surface area contributed by atoms with Crippen molar-refractivity contribution in [3.05, 3.63) is 36.3 Å². The van der Waals surface area contributed by atoms with Gasteiger partial charge in [0.1, 0.15) is 6.26 Å². The van der Waals surface area contributed by atoms with Crippen LogP contribution in [-0.2, 0) is 0 Å². The van der Waals surface area contributed by atoms with Crippen molar-refractivity contribution < 1.29 is 9.21 Å². The maximum Gasteiger partial charge on any atom is 0.275 e. The van der Waals surface area contributed by atoms with Crippen molar-refractivity contribution in [2.45, 2.75) is 32.2 Å². The van der Waals surface area contributed by atoms with Gasteiger partial charge in [0.25, 0.3) is 5.91 Å². The van der Waals surface area contributed by atoms with Gasteiger partial charge in [-0.15, -0.1) is 0 Å². The molecule has 0 spiro atoms. The van der Waals surface area contributed by atoms with Crippen molar-refractivity contribution >= 4 is 11.9 Å². The molecule has 1 fully saturated rings. The molecule has 1 unspecified atom stereocenters. The second-order valence-electron chi connectivity index (χ2n) is 6.15. The van der Waals surface area contributed by atoms with Gasteiger partial charge in [-0.25, -0.2) is 15.0 Å². The highest BCUT2D eigenvalue weighted by atomic mass is 16.3. The number of hydrogen-bond donors (Lipinski definition) is 1. The van der Waals surface area contributed by atoms with Crippen molar-refractivity contribution in [2.75, 3.05) is 31.1 Å². The van der Waals surface area contributed by atoms with E-state index < -0.39 is 0 Å². The lowest BCUT2D eigenvalue weighted by Crippen LogP contribution is -2.49. The van der Waals surface area contributed by atoms with Gasteiger partial charge in [-0.3, -0.25) is 4.79 Å². The monoisotopic (exact) mass is 344 g/mol. The van der Waals surface area contributed by atoms with Crippen molar-refractivity contribution in [1.82, 2.24) is 19.9 Å². The molecule has 0 aromatic carbocycles. The van der Waals surface area contributed by atoms with Crippen LogP contribution < -0.4 is 10.6 Å². The topological polar surface area (TPSA) is 101 Å². The minimum atomic E-state index is -0.256. The molecule has 1 aliphatic rings. The summed E-state index contributed by atoms with van der Waals surface area (Å²) in [5.41, 5.74) is 6.38. The maximum absolute atomic E-state index is 12.6. The number of carbonyl (C=O) groups excluding carboxylic acids is 1. The number of unbranched alkanes of at least 4 members (excludes halogenated alkanes) is 1. The Morgan fingerprint density at radius 3 is 2.68 bits per heavy atom. The van der Waals surface area contributed by atoms with Crippen LogP contribution in [0.4, 0.5) is 5.95 Å². The molecule has 25 heavy (non-hydrogen) atoms. The molecule has 2 aromatic rings. The summed E-state index contributed by atoms with van der Waals surface area (Å²) in [4.78, 5) is 29.2. The molecule has 8 nitrogen and oxygen atoms in total. The van der Waals surface area contributed by atoms with Gasteiger partial charge in [-0.05, 0) is 12.5 Å². The van der Waals surface area contributed by atoms with Crippen LogP contribution in [0.25, 0.3) is 0 Å². The van der Waals surface area contributed by atoms with Gasteiger partial charge in [0.15, 0.2) is 5.69 Å². The summed E-state index contributed by atoms with van der Waals surface area (Å²) in [6.07, 6.45) is 7.74. The number of nitrogens with two attached hydrogens (primary N) is 1. The minimum Gasteiger partial charge on any atom is -0.446 e. The van der Waals surface area contributed by atoms with Gasteiger partial charge in [0, 0.05) is 38.6 Å². The Bertz CT molecular complexity index is 681. The Labute approximate surface area is 147 Å². The molecule has 0 saturated carbocycles. The number of anilines is 1. The first-order valence-corrected chi connectivity index (χ1v) is 8.71. The van der Waals surface area contributed by atoms with E-state index >= 15 is 0 Å². The molecule has 1 aliphatic heterocycles. The molecule has 3 rings (SSSR count). The fraction of sp³-hybridized carbons (Fsp3) is 0.529. The van der Waals surface area contributed by atoms with Crippen LogP contribution in [0.1, 0.15) is 48.6 Å². The number of nitrogens with zero attached hydrogens (tertiary/aromatic N) is 5. The molecule has 2 aromatic heterocycles. The van der Waals surface area contributed by atoms with E-state index in [0.29, 0.717) is 43.7 Å². The maximum atomic E-state index is 12.6. The van der Waals surface area contributed by atoms with Crippen LogP contribution in [-0.4, -0.2) is 51.9 Å². The molecule has 1 atom stereocenters. The Morgan fingerprint density at radius 1 is 1.28 bits per heavy atom. The van der Waals surface area contributed by atoms with Gasteiger partial charge < -0.3 is 20.0 Å². The van der Waals surface area contributed by atoms with Crippen LogP contribution in [0, 0.1) is 0 Å². The number of carbonyl (C=O) groups is 1. The minimum absolute atomic E-state index is 0.119. The first-order valence-electron chi connectivity index (χ1n) is 8.71. The molecule has 1 amide bonds. The van der Waals surface area contributed by atoms with Crippen LogP contribution >= 0.6 is 0 Å². The van der Waals surface area contributed by atoms with E-state index in [9.17, 15) is 4.79 Å². The molecule has 2 N–H and O–H groups in total. The smallest absolute Gasteiger partial charge is 0.275 e. The van der Waals surface area contributed by atoms with E-state index in [-0.39, 0.29) is 11.9 Å². The zero-order chi connectivity index (χ0) is 17.6. The number of oxazole rings is 1. The number of amides is 1. The van der Waals surface area contributed by atoms with E-state index in [1.165, 1.54) is 6.26 Å². The lowest BCUT2D eigenvalue weighted by molar-refractivity contribution is 0.0740. The average Bonchev–Trinajstić information content (AvgIpc) is 3.16. The first-order chi connectivity index (χ1) is 12.2. The fourth-order valence-corrected chi connectivity index (χ4v) is 2.83. The zero-order valence-corrected chi connectivity index (χ0v) is 14.5. The normalized spacial score (nSPS) is 16.1. The number of hydrogen-bond acceptors (Lipinski definition) is 7. The molecule has 8 heteroatoms. The van der Waals surface area contributed by atoms with E-state index in [4.69, 9.17) is 10.2 Å². The van der Waals surface area contributed by atoms with Gasteiger partial charge in [-0.2, -0.15) is 0 Å². The highest BCUT2D eigenvalue weighted by molar-refractivity contribution is 5.92. The summed E-state index contributed by atoms with van der Waals surface area (Å²) in [5.74, 6) is 1.01. The van der Waals surface area contributed by atoms with Crippen LogP contribution in [0.3, 0.4) is 0 Å². The molecule has 0 bridgehead atoms. The molecule has 0 radical (unpaired) electrons. The number of aromatic nitrogens is 3. The summed E-state index contributed by atoms with van der Waals surface area (Å²) < 4.78 is 5.41. The van der Waals surface area contributed by atoms with E-state index in [1.54, 1.807) is 23.4 Å². The quantitative estimate of drug-likeness (QED) is 0.849. The SMILES string of the molecule is CCCCC(N)c1nc(C(=O)N2CCN(c3ncccn3)CC2)co1. The predicted molar refractivity (Wildman–Crippen MR) is 93.1 cm³/mol. The summed E-state index contributed by atoms with van der Waals surface area (Å²) in [7, 11) is 0. The third-order valence-electron chi connectivity index (χ3n) is 4.33. The third kappa shape index (κ3) is 4.14. The summed E-state index contributed by atoms with van der Waals surface area (Å²) >= 11 is 0. The Morgan fingerprint density at radius 2 is 2.00 bits per heavy atom. The first kappa shape index (κ1) is 17.3. The predicted octanol–water partition coefficient (Wildman–Crippen LogP) is 1.62. The summed E-state index contributed by atoms with van der Waals surface area (Å²) in [6, 6.07) is 1.53. The highest BCUT2D eigenvalue weighted by Crippen LogP contribution is 2.18. The molecular formula is C17H24N6O2.